The van der Waals surface area contributed by atoms with Crippen LogP contribution in [-0.2, 0) is 0 Å². The molecule has 0 amide bonds. The molecule has 0 aromatic rings. The van der Waals surface area contributed by atoms with Crippen LogP contribution >= 0.6 is 12.2 Å². The van der Waals surface area contributed by atoms with Crippen LogP contribution < -0.4 is 0 Å². The molecule has 2 atom stereocenters. The van der Waals surface area contributed by atoms with E-state index in [1.807, 2.05) is 0 Å². The van der Waals surface area contributed by atoms with Gasteiger partial charge in [0.15, 0.2) is 0 Å². The van der Waals surface area contributed by atoms with Crippen molar-refractivity contribution in [3.8, 4) is 0 Å². The maximum absolute atomic E-state index is 5.37. The zero-order valence-corrected chi connectivity index (χ0v) is 8.63. The van der Waals surface area contributed by atoms with Crippen LogP contribution in [0.2, 0.25) is 0 Å². The number of thiocarbonyl (C=S) groups is 1. The zero-order chi connectivity index (χ0) is 8.48. The molecule has 1 aliphatic rings. The maximum atomic E-state index is 5.37. The molecule has 0 radical (unpaired) electrons. The minimum Gasteiger partial charge on any atom is -0.0887 e. The number of hydrogen-bond donors (Lipinski definition) is 0. The van der Waals surface area contributed by atoms with Gasteiger partial charge in [-0.15, -0.1) is 0 Å². The van der Waals surface area contributed by atoms with Crippen molar-refractivity contribution in [3.63, 3.8) is 0 Å². The molecular weight excluding hydrogens is 152 g/mol. The smallest absolute Gasteiger partial charge is 0.00907 e. The predicted octanol–water partition coefficient (Wildman–Crippen LogP) is 3.59. The van der Waals surface area contributed by atoms with E-state index in [0.29, 0.717) is 5.41 Å². The summed E-state index contributed by atoms with van der Waals surface area (Å²) >= 11 is 5.37. The Hall–Kier alpha value is 0.0900. The highest BCUT2D eigenvalue weighted by Gasteiger charge is 2.56. The van der Waals surface area contributed by atoms with Crippen molar-refractivity contribution in [2.24, 2.45) is 11.3 Å². The van der Waals surface area contributed by atoms with E-state index in [4.69, 9.17) is 12.2 Å². The Balaban J connectivity index is 2.59. The van der Waals surface area contributed by atoms with Crippen molar-refractivity contribution >= 4 is 17.1 Å². The second-order valence-corrected chi connectivity index (χ2v) is 4.02. The summed E-state index contributed by atoms with van der Waals surface area (Å²) in [5, 5.41) is 0. The average molecular weight is 170 g/mol. The molecule has 0 aliphatic heterocycles. The Morgan fingerprint density at radius 2 is 2.00 bits per heavy atom. The fraction of sp³-hybridized carbons (Fsp3) is 0.900. The average Bonchev–Trinajstić information content (AvgIpc) is 2.57. The molecule has 0 bridgehead atoms. The molecule has 0 heterocycles. The first-order valence-corrected chi connectivity index (χ1v) is 5.18. The van der Waals surface area contributed by atoms with Gasteiger partial charge in [-0.3, -0.25) is 0 Å². The van der Waals surface area contributed by atoms with Gasteiger partial charge in [0.25, 0.3) is 0 Å². The van der Waals surface area contributed by atoms with Gasteiger partial charge in [0.2, 0.25) is 0 Å². The van der Waals surface area contributed by atoms with Gasteiger partial charge < -0.3 is 0 Å². The van der Waals surface area contributed by atoms with Crippen LogP contribution in [-0.4, -0.2) is 4.86 Å². The van der Waals surface area contributed by atoms with Crippen molar-refractivity contribution in [1.29, 1.82) is 0 Å². The summed E-state index contributed by atoms with van der Waals surface area (Å²) in [6.45, 7) is 6.78. The van der Waals surface area contributed by atoms with Crippen molar-refractivity contribution in [1.82, 2.24) is 0 Å². The third-order valence-electron chi connectivity index (χ3n) is 3.13. The van der Waals surface area contributed by atoms with E-state index in [1.54, 1.807) is 0 Å². The van der Waals surface area contributed by atoms with Gasteiger partial charge in [0, 0.05) is 16.2 Å². The Morgan fingerprint density at radius 1 is 1.36 bits per heavy atom. The van der Waals surface area contributed by atoms with E-state index < -0.39 is 0 Å². The predicted molar refractivity (Wildman–Crippen MR) is 54.0 cm³/mol. The minimum absolute atomic E-state index is 0.499. The molecule has 1 heteroatoms. The van der Waals surface area contributed by atoms with Crippen LogP contribution in [0.3, 0.4) is 0 Å². The van der Waals surface area contributed by atoms with Crippen molar-refractivity contribution < 1.29 is 0 Å². The quantitative estimate of drug-likeness (QED) is 0.581. The molecule has 64 valence electrons. The Labute approximate surface area is 75.4 Å². The third kappa shape index (κ3) is 1.24. The lowest BCUT2D eigenvalue weighted by atomic mass is 9.94. The molecule has 0 aromatic heterocycles. The standard InChI is InChI=1S/C10H18S/c1-4-7-10(6-3)8(5-2)9(10)11/h8H,4-7H2,1-3H3. The Kier molecular flexibility index (Phi) is 2.69. The summed E-state index contributed by atoms with van der Waals surface area (Å²) in [5.74, 6) is 0.780. The number of hydrogen-bond acceptors (Lipinski definition) is 1. The van der Waals surface area contributed by atoms with Crippen molar-refractivity contribution in [2.45, 2.75) is 46.5 Å². The Morgan fingerprint density at radius 3 is 2.27 bits per heavy atom. The molecular formula is C10H18S. The van der Waals surface area contributed by atoms with Gasteiger partial charge in [0.05, 0.1) is 0 Å². The molecule has 0 N–H and O–H groups in total. The highest BCUT2D eigenvalue weighted by molar-refractivity contribution is 7.81. The lowest BCUT2D eigenvalue weighted by Gasteiger charge is -2.10. The fourth-order valence-electron chi connectivity index (χ4n) is 2.38. The minimum atomic E-state index is 0.499. The van der Waals surface area contributed by atoms with Gasteiger partial charge in [0.1, 0.15) is 0 Å². The van der Waals surface area contributed by atoms with E-state index in [-0.39, 0.29) is 0 Å². The molecule has 0 aromatic carbocycles. The summed E-state index contributed by atoms with van der Waals surface area (Å²) in [7, 11) is 0. The monoisotopic (exact) mass is 170 g/mol. The lowest BCUT2D eigenvalue weighted by molar-refractivity contribution is 0.408. The highest BCUT2D eigenvalue weighted by atomic mass is 32.1. The topological polar surface area (TPSA) is 0 Å². The van der Waals surface area contributed by atoms with Crippen LogP contribution in [0, 0.1) is 11.3 Å². The van der Waals surface area contributed by atoms with E-state index in [2.05, 4.69) is 20.8 Å². The molecule has 1 fully saturated rings. The summed E-state index contributed by atoms with van der Waals surface area (Å²) in [6, 6.07) is 0. The lowest BCUT2D eigenvalue weighted by Crippen LogP contribution is -2.02. The molecule has 0 spiro atoms. The van der Waals surface area contributed by atoms with Gasteiger partial charge in [-0.2, -0.15) is 0 Å². The van der Waals surface area contributed by atoms with Gasteiger partial charge in [-0.05, 0) is 19.3 Å². The van der Waals surface area contributed by atoms with Gasteiger partial charge in [-0.25, -0.2) is 0 Å². The normalized spacial score (nSPS) is 35.9. The van der Waals surface area contributed by atoms with Crippen LogP contribution in [0.4, 0.5) is 0 Å². The SMILES string of the molecule is CCCC1(CC)C(=S)C1CC. The summed E-state index contributed by atoms with van der Waals surface area (Å²) < 4.78 is 0. The van der Waals surface area contributed by atoms with Crippen LogP contribution in [0.25, 0.3) is 0 Å². The second kappa shape index (κ2) is 3.22. The van der Waals surface area contributed by atoms with Gasteiger partial charge in [-0.1, -0.05) is 39.4 Å². The molecule has 1 saturated carbocycles. The fourth-order valence-corrected chi connectivity index (χ4v) is 3.10. The van der Waals surface area contributed by atoms with Crippen LogP contribution in [0.15, 0.2) is 0 Å². The van der Waals surface area contributed by atoms with Crippen LogP contribution in [0.1, 0.15) is 46.5 Å². The molecule has 2 unspecified atom stereocenters. The molecule has 0 nitrogen and oxygen atoms in total. The summed E-state index contributed by atoms with van der Waals surface area (Å²) in [5.41, 5.74) is 0.499. The molecule has 1 aliphatic carbocycles. The second-order valence-electron chi connectivity index (χ2n) is 3.58. The summed E-state index contributed by atoms with van der Waals surface area (Å²) in [6.07, 6.45) is 5.12. The highest BCUT2D eigenvalue weighted by Crippen LogP contribution is 2.56. The Bertz CT molecular complexity index is 162. The first-order chi connectivity index (χ1) is 5.22. The van der Waals surface area contributed by atoms with Crippen molar-refractivity contribution in [3.05, 3.63) is 0 Å². The van der Waals surface area contributed by atoms with E-state index in [9.17, 15) is 0 Å². The van der Waals surface area contributed by atoms with Crippen molar-refractivity contribution in [2.75, 3.05) is 0 Å². The molecule has 0 saturated heterocycles. The number of rotatable bonds is 4. The van der Waals surface area contributed by atoms with E-state index >= 15 is 0 Å². The van der Waals surface area contributed by atoms with E-state index in [1.165, 1.54) is 30.5 Å². The molecule has 11 heavy (non-hydrogen) atoms. The zero-order valence-electron chi connectivity index (χ0n) is 7.81. The van der Waals surface area contributed by atoms with E-state index in [0.717, 1.165) is 5.92 Å². The maximum Gasteiger partial charge on any atom is 0.00907 e. The molecule has 1 rings (SSSR count). The largest absolute Gasteiger partial charge is 0.0887 e. The van der Waals surface area contributed by atoms with Gasteiger partial charge >= 0.3 is 0 Å². The third-order valence-corrected chi connectivity index (χ3v) is 3.82. The first kappa shape index (κ1) is 9.18. The summed E-state index contributed by atoms with van der Waals surface area (Å²) in [4.78, 5) is 1.37. The first-order valence-electron chi connectivity index (χ1n) is 4.77. The van der Waals surface area contributed by atoms with Crippen LogP contribution in [0.5, 0.6) is 0 Å².